The smallest absolute Gasteiger partial charge is 0.410 e. The van der Waals surface area contributed by atoms with Gasteiger partial charge in [-0.3, -0.25) is 4.90 Å². The number of halogens is 1. The Kier molecular flexibility index (Phi) is 6.28. The maximum atomic E-state index is 12.4. The highest BCUT2D eigenvalue weighted by molar-refractivity contribution is 7.15. The number of likely N-dealkylation sites (N-methyl/N-ethyl adjacent to an activating group) is 1. The lowest BCUT2D eigenvalue weighted by Crippen LogP contribution is -2.50. The van der Waals surface area contributed by atoms with Gasteiger partial charge in [-0.15, -0.1) is 11.3 Å². The lowest BCUT2D eigenvalue weighted by Gasteiger charge is -2.38. The minimum absolute atomic E-state index is 0.198. The second-order valence-corrected chi connectivity index (χ2v) is 8.80. The molecule has 0 saturated carbocycles. The molecule has 0 spiro atoms. The zero-order chi connectivity index (χ0) is 17.0. The van der Waals surface area contributed by atoms with Crippen molar-refractivity contribution in [2.75, 3.05) is 20.1 Å². The molecule has 0 aromatic carbocycles. The van der Waals surface area contributed by atoms with Crippen molar-refractivity contribution in [3.63, 3.8) is 0 Å². The Balaban J connectivity index is 1.93. The van der Waals surface area contributed by atoms with Crippen LogP contribution in [0.25, 0.3) is 0 Å². The van der Waals surface area contributed by atoms with Gasteiger partial charge in [-0.05, 0) is 47.1 Å². The van der Waals surface area contributed by atoms with E-state index in [-0.39, 0.29) is 12.1 Å². The summed E-state index contributed by atoms with van der Waals surface area (Å²) >= 11 is 7.38. The molecule has 0 bridgehead atoms. The number of hydrogen-bond acceptors (Lipinski definition) is 5. The summed E-state index contributed by atoms with van der Waals surface area (Å²) in [6.07, 6.45) is 4.84. The third-order valence-electron chi connectivity index (χ3n) is 3.73. The Morgan fingerprint density at radius 2 is 2.26 bits per heavy atom. The van der Waals surface area contributed by atoms with Crippen LogP contribution in [0.3, 0.4) is 0 Å². The van der Waals surface area contributed by atoms with Gasteiger partial charge >= 0.3 is 6.09 Å². The molecule has 0 unspecified atom stereocenters. The molecule has 2 rings (SSSR count). The minimum atomic E-state index is -0.454. The number of carbonyl (C=O) groups is 1. The summed E-state index contributed by atoms with van der Waals surface area (Å²) in [5, 5.41) is 0. The zero-order valence-corrected chi connectivity index (χ0v) is 15.9. The predicted molar refractivity (Wildman–Crippen MR) is 94.0 cm³/mol. The van der Waals surface area contributed by atoms with Crippen LogP contribution in [0, 0.1) is 0 Å². The summed E-state index contributed by atoms with van der Waals surface area (Å²) in [7, 11) is 2.06. The van der Waals surface area contributed by atoms with Crippen molar-refractivity contribution < 1.29 is 9.53 Å². The molecule has 1 aromatic rings. The Hall–Kier alpha value is -0.850. The average Bonchev–Trinajstić information content (AvgIpc) is 2.82. The van der Waals surface area contributed by atoms with E-state index in [9.17, 15) is 4.79 Å². The number of rotatable bonds is 4. The molecule has 7 heteroatoms. The van der Waals surface area contributed by atoms with Crippen molar-refractivity contribution in [3.8, 4) is 0 Å². The minimum Gasteiger partial charge on any atom is -0.444 e. The topological polar surface area (TPSA) is 45.7 Å². The first-order valence-electron chi connectivity index (χ1n) is 8.03. The Morgan fingerprint density at radius 3 is 2.87 bits per heavy atom. The lowest BCUT2D eigenvalue weighted by atomic mass is 10.0. The molecule has 23 heavy (non-hydrogen) atoms. The van der Waals surface area contributed by atoms with E-state index < -0.39 is 5.60 Å². The molecule has 1 atom stereocenters. The highest BCUT2D eigenvalue weighted by atomic mass is 35.5. The van der Waals surface area contributed by atoms with E-state index in [2.05, 4.69) is 16.9 Å². The predicted octanol–water partition coefficient (Wildman–Crippen LogP) is 4.02. The van der Waals surface area contributed by atoms with Crippen LogP contribution in [-0.2, 0) is 11.3 Å². The van der Waals surface area contributed by atoms with Gasteiger partial charge in [0.15, 0.2) is 4.47 Å². The van der Waals surface area contributed by atoms with E-state index in [1.165, 1.54) is 11.3 Å². The molecule has 1 aliphatic heterocycles. The summed E-state index contributed by atoms with van der Waals surface area (Å²) in [6, 6.07) is 0.201. The molecule has 1 aromatic heterocycles. The lowest BCUT2D eigenvalue weighted by molar-refractivity contribution is 0.00589. The average molecular weight is 360 g/mol. The number of hydrogen-bond donors (Lipinski definition) is 0. The fourth-order valence-corrected chi connectivity index (χ4v) is 3.86. The number of likely N-dealkylation sites (tertiary alicyclic amines) is 1. The zero-order valence-electron chi connectivity index (χ0n) is 14.3. The van der Waals surface area contributed by atoms with Gasteiger partial charge in [-0.1, -0.05) is 11.6 Å². The SMILES string of the molecule is CN(Cc1cnc(Cl)s1)C[C@@H]1CCCCN1C(=O)OC(C)(C)C. The van der Waals surface area contributed by atoms with Crippen LogP contribution in [0.4, 0.5) is 4.79 Å². The van der Waals surface area contributed by atoms with Crippen LogP contribution in [-0.4, -0.2) is 52.7 Å². The molecular weight excluding hydrogens is 334 g/mol. The Labute approximate surface area is 147 Å². The highest BCUT2D eigenvalue weighted by Gasteiger charge is 2.31. The van der Waals surface area contributed by atoms with Gasteiger partial charge in [0, 0.05) is 36.8 Å². The number of aromatic nitrogens is 1. The van der Waals surface area contributed by atoms with Crippen molar-refractivity contribution in [2.24, 2.45) is 0 Å². The van der Waals surface area contributed by atoms with E-state index >= 15 is 0 Å². The second-order valence-electron chi connectivity index (χ2n) is 7.10. The fourth-order valence-electron chi connectivity index (χ4n) is 2.80. The van der Waals surface area contributed by atoms with E-state index in [4.69, 9.17) is 16.3 Å². The molecule has 0 N–H and O–H groups in total. The van der Waals surface area contributed by atoms with Crippen molar-refractivity contribution in [1.29, 1.82) is 0 Å². The van der Waals surface area contributed by atoms with Crippen LogP contribution < -0.4 is 0 Å². The maximum Gasteiger partial charge on any atom is 0.410 e. The number of thiazole rings is 1. The van der Waals surface area contributed by atoms with Gasteiger partial charge in [-0.25, -0.2) is 9.78 Å². The third-order valence-corrected chi connectivity index (χ3v) is 4.83. The number of ether oxygens (including phenoxy) is 1. The molecule has 0 aliphatic carbocycles. The first kappa shape index (κ1) is 18.5. The summed E-state index contributed by atoms with van der Waals surface area (Å²) in [5.41, 5.74) is -0.454. The van der Waals surface area contributed by atoms with E-state index in [1.807, 2.05) is 31.9 Å². The van der Waals surface area contributed by atoms with Crippen LogP contribution in [0.5, 0.6) is 0 Å². The highest BCUT2D eigenvalue weighted by Crippen LogP contribution is 2.23. The second kappa shape index (κ2) is 7.81. The molecule has 130 valence electrons. The van der Waals surface area contributed by atoms with Crippen molar-refractivity contribution in [1.82, 2.24) is 14.8 Å². The van der Waals surface area contributed by atoms with E-state index in [0.29, 0.717) is 4.47 Å². The standard InChI is InChI=1S/C16H26ClN3O2S/c1-16(2,3)22-15(21)20-8-6-5-7-12(20)10-19(4)11-13-9-18-14(17)23-13/h9,12H,5-8,10-11H2,1-4H3/t12-/m0/s1. The summed E-state index contributed by atoms with van der Waals surface area (Å²) < 4.78 is 6.12. The van der Waals surface area contributed by atoms with Gasteiger partial charge in [0.25, 0.3) is 0 Å². The van der Waals surface area contributed by atoms with E-state index in [1.54, 1.807) is 0 Å². The summed E-state index contributed by atoms with van der Waals surface area (Å²) in [6.45, 7) is 8.12. The van der Waals surface area contributed by atoms with Crippen LogP contribution >= 0.6 is 22.9 Å². The molecule has 1 aliphatic rings. The number of amides is 1. The number of carbonyl (C=O) groups excluding carboxylic acids is 1. The number of nitrogens with zero attached hydrogens (tertiary/aromatic N) is 3. The first-order valence-corrected chi connectivity index (χ1v) is 9.22. The number of piperidine rings is 1. The quantitative estimate of drug-likeness (QED) is 0.814. The molecule has 0 radical (unpaired) electrons. The molecule has 1 fully saturated rings. The van der Waals surface area contributed by atoms with Gasteiger partial charge in [-0.2, -0.15) is 0 Å². The molecular formula is C16H26ClN3O2S. The van der Waals surface area contributed by atoms with Crippen LogP contribution in [0.1, 0.15) is 44.9 Å². The van der Waals surface area contributed by atoms with Crippen molar-refractivity contribution >= 4 is 29.0 Å². The maximum absolute atomic E-state index is 12.4. The Bertz CT molecular complexity index is 530. The van der Waals surface area contributed by atoms with Gasteiger partial charge in [0.2, 0.25) is 0 Å². The van der Waals surface area contributed by atoms with Crippen LogP contribution in [0.15, 0.2) is 6.20 Å². The van der Waals surface area contributed by atoms with E-state index in [0.717, 1.165) is 43.8 Å². The van der Waals surface area contributed by atoms with Gasteiger partial charge in [0.05, 0.1) is 0 Å². The molecule has 1 saturated heterocycles. The largest absolute Gasteiger partial charge is 0.444 e. The Morgan fingerprint density at radius 1 is 1.52 bits per heavy atom. The van der Waals surface area contributed by atoms with Crippen molar-refractivity contribution in [2.45, 2.75) is 58.2 Å². The summed E-state index contributed by atoms with van der Waals surface area (Å²) in [5.74, 6) is 0. The van der Waals surface area contributed by atoms with Gasteiger partial charge < -0.3 is 9.64 Å². The monoisotopic (exact) mass is 359 g/mol. The van der Waals surface area contributed by atoms with Gasteiger partial charge in [0.1, 0.15) is 5.60 Å². The third kappa shape index (κ3) is 5.94. The first-order chi connectivity index (χ1) is 10.7. The molecule has 2 heterocycles. The normalized spacial score (nSPS) is 19.2. The molecule has 1 amide bonds. The summed E-state index contributed by atoms with van der Waals surface area (Å²) in [4.78, 5) is 21.7. The van der Waals surface area contributed by atoms with Crippen LogP contribution in [0.2, 0.25) is 4.47 Å². The fraction of sp³-hybridized carbons (Fsp3) is 0.750. The molecule has 5 nitrogen and oxygen atoms in total. The van der Waals surface area contributed by atoms with Crippen molar-refractivity contribution in [3.05, 3.63) is 15.5 Å².